The van der Waals surface area contributed by atoms with Crippen molar-refractivity contribution >= 4 is 11.8 Å². The summed E-state index contributed by atoms with van der Waals surface area (Å²) in [6.45, 7) is 0.614. The smallest absolute Gasteiger partial charge is 0.0914 e. The van der Waals surface area contributed by atoms with Crippen LogP contribution in [0.25, 0.3) is 0 Å². The predicted molar refractivity (Wildman–Crippen MR) is 65.4 cm³/mol. The molecule has 0 spiro atoms. The summed E-state index contributed by atoms with van der Waals surface area (Å²) in [7, 11) is 1.86. The van der Waals surface area contributed by atoms with Gasteiger partial charge in [0.2, 0.25) is 0 Å². The second-order valence-corrected chi connectivity index (χ2v) is 5.05. The third kappa shape index (κ3) is 2.54. The summed E-state index contributed by atoms with van der Waals surface area (Å²) < 4.78 is 0. The average molecular weight is 223 g/mol. The fraction of sp³-hybridized carbons (Fsp3) is 0.500. The van der Waals surface area contributed by atoms with E-state index in [0.717, 1.165) is 5.56 Å². The number of benzene rings is 1. The minimum Gasteiger partial charge on any atom is -0.387 e. The molecule has 1 aliphatic heterocycles. The predicted octanol–water partition coefficient (Wildman–Crippen LogP) is 1.77. The summed E-state index contributed by atoms with van der Waals surface area (Å²) in [6.07, 6.45) is -0.386. The number of aliphatic hydroxyl groups is 1. The summed E-state index contributed by atoms with van der Waals surface area (Å²) in [5, 5.41) is 12.8. The lowest BCUT2D eigenvalue weighted by atomic mass is 9.98. The standard InChI is InChI=1S/C12H17NOS/c1-13-6-12(14)10-4-2-3-9(5-10)11-7-15-8-11/h2-5,11-14H,6-8H2,1H3. The molecule has 3 heteroatoms. The van der Waals surface area contributed by atoms with E-state index in [9.17, 15) is 5.11 Å². The molecule has 2 rings (SSSR count). The Balaban J connectivity index is 2.10. The summed E-state index contributed by atoms with van der Waals surface area (Å²) in [5.74, 6) is 3.16. The van der Waals surface area contributed by atoms with E-state index < -0.39 is 0 Å². The summed E-state index contributed by atoms with van der Waals surface area (Å²) in [6, 6.07) is 8.36. The number of rotatable bonds is 4. The number of aliphatic hydroxyl groups excluding tert-OH is 1. The van der Waals surface area contributed by atoms with Gasteiger partial charge in [0.15, 0.2) is 0 Å². The Kier molecular flexibility index (Phi) is 3.67. The molecule has 1 fully saturated rings. The lowest BCUT2D eigenvalue weighted by Crippen LogP contribution is -2.18. The second kappa shape index (κ2) is 5.01. The van der Waals surface area contributed by atoms with E-state index in [2.05, 4.69) is 17.4 Å². The zero-order valence-corrected chi connectivity index (χ0v) is 9.76. The highest BCUT2D eigenvalue weighted by Crippen LogP contribution is 2.34. The Labute approximate surface area is 95.1 Å². The van der Waals surface area contributed by atoms with Crippen molar-refractivity contribution in [2.24, 2.45) is 0 Å². The molecule has 0 amide bonds. The van der Waals surface area contributed by atoms with Crippen molar-refractivity contribution < 1.29 is 5.11 Å². The molecule has 0 aliphatic carbocycles. The first-order chi connectivity index (χ1) is 7.31. The highest BCUT2D eigenvalue weighted by Gasteiger charge is 2.20. The average Bonchev–Trinajstić information content (AvgIpc) is 2.16. The number of thioether (sulfide) groups is 1. The van der Waals surface area contributed by atoms with Gasteiger partial charge in [-0.05, 0) is 18.2 Å². The summed E-state index contributed by atoms with van der Waals surface area (Å²) in [4.78, 5) is 0. The van der Waals surface area contributed by atoms with Crippen molar-refractivity contribution in [1.29, 1.82) is 0 Å². The molecule has 0 aromatic heterocycles. The molecule has 1 aromatic carbocycles. The first-order valence-corrected chi connectivity index (χ1v) is 6.47. The van der Waals surface area contributed by atoms with Gasteiger partial charge >= 0.3 is 0 Å². The zero-order chi connectivity index (χ0) is 10.7. The maximum Gasteiger partial charge on any atom is 0.0914 e. The maximum absolute atomic E-state index is 9.85. The van der Waals surface area contributed by atoms with Crippen LogP contribution in [0.2, 0.25) is 0 Å². The Morgan fingerprint density at radius 2 is 2.33 bits per heavy atom. The van der Waals surface area contributed by atoms with Gasteiger partial charge in [-0.25, -0.2) is 0 Å². The van der Waals surface area contributed by atoms with Gasteiger partial charge in [-0.15, -0.1) is 0 Å². The molecule has 1 atom stereocenters. The maximum atomic E-state index is 9.85. The van der Waals surface area contributed by atoms with Gasteiger partial charge in [0.05, 0.1) is 6.10 Å². The van der Waals surface area contributed by atoms with Crippen LogP contribution in [-0.4, -0.2) is 30.2 Å². The topological polar surface area (TPSA) is 32.3 Å². The van der Waals surface area contributed by atoms with Gasteiger partial charge in [0.1, 0.15) is 0 Å². The normalized spacial score (nSPS) is 18.5. The van der Waals surface area contributed by atoms with Crippen molar-refractivity contribution in [1.82, 2.24) is 5.32 Å². The van der Waals surface area contributed by atoms with E-state index in [-0.39, 0.29) is 6.10 Å². The fourth-order valence-electron chi connectivity index (χ4n) is 1.76. The molecule has 1 aromatic rings. The van der Waals surface area contributed by atoms with Crippen LogP contribution in [0.1, 0.15) is 23.1 Å². The van der Waals surface area contributed by atoms with Crippen LogP contribution in [0, 0.1) is 0 Å². The monoisotopic (exact) mass is 223 g/mol. The molecule has 15 heavy (non-hydrogen) atoms. The molecule has 2 nitrogen and oxygen atoms in total. The van der Waals surface area contributed by atoms with Crippen LogP contribution < -0.4 is 5.32 Å². The van der Waals surface area contributed by atoms with E-state index in [4.69, 9.17) is 0 Å². The van der Waals surface area contributed by atoms with E-state index >= 15 is 0 Å². The van der Waals surface area contributed by atoms with Crippen LogP contribution in [0.4, 0.5) is 0 Å². The van der Waals surface area contributed by atoms with E-state index in [1.165, 1.54) is 17.1 Å². The van der Waals surface area contributed by atoms with Gasteiger partial charge in [0, 0.05) is 24.0 Å². The number of nitrogens with one attached hydrogen (secondary N) is 1. The number of hydrogen-bond donors (Lipinski definition) is 2. The zero-order valence-electron chi connectivity index (χ0n) is 8.94. The molecule has 1 heterocycles. The largest absolute Gasteiger partial charge is 0.387 e. The van der Waals surface area contributed by atoms with Crippen molar-refractivity contribution in [3.63, 3.8) is 0 Å². The molecule has 82 valence electrons. The van der Waals surface area contributed by atoms with E-state index in [1.54, 1.807) is 0 Å². The van der Waals surface area contributed by atoms with Gasteiger partial charge in [0.25, 0.3) is 0 Å². The van der Waals surface area contributed by atoms with Gasteiger partial charge in [-0.3, -0.25) is 0 Å². The third-order valence-corrected chi connectivity index (χ3v) is 4.08. The Morgan fingerprint density at radius 1 is 1.53 bits per heavy atom. The minimum absolute atomic E-state index is 0.386. The van der Waals surface area contributed by atoms with Gasteiger partial charge in [-0.1, -0.05) is 24.3 Å². The molecule has 1 aliphatic rings. The molecule has 0 bridgehead atoms. The van der Waals surface area contributed by atoms with Crippen LogP contribution in [0.3, 0.4) is 0 Å². The molecular weight excluding hydrogens is 206 g/mol. The van der Waals surface area contributed by atoms with Crippen molar-refractivity contribution in [3.05, 3.63) is 35.4 Å². The van der Waals surface area contributed by atoms with Crippen LogP contribution in [0.15, 0.2) is 24.3 Å². The van der Waals surface area contributed by atoms with Crippen LogP contribution in [-0.2, 0) is 0 Å². The SMILES string of the molecule is CNCC(O)c1cccc(C2CSC2)c1. The van der Waals surface area contributed by atoms with Crippen molar-refractivity contribution in [2.75, 3.05) is 25.1 Å². The quantitative estimate of drug-likeness (QED) is 0.816. The van der Waals surface area contributed by atoms with Crippen molar-refractivity contribution in [2.45, 2.75) is 12.0 Å². The first kappa shape index (κ1) is 11.0. The molecule has 1 saturated heterocycles. The molecular formula is C12H17NOS. The highest BCUT2D eigenvalue weighted by molar-refractivity contribution is 8.00. The number of hydrogen-bond acceptors (Lipinski definition) is 3. The number of likely N-dealkylation sites (N-methyl/N-ethyl adjacent to an activating group) is 1. The summed E-state index contributed by atoms with van der Waals surface area (Å²) in [5.41, 5.74) is 2.40. The molecule has 0 saturated carbocycles. The van der Waals surface area contributed by atoms with E-state index in [1.807, 2.05) is 30.9 Å². The minimum atomic E-state index is -0.386. The summed E-state index contributed by atoms with van der Waals surface area (Å²) >= 11 is 1.99. The Bertz CT molecular complexity index is 325. The van der Waals surface area contributed by atoms with E-state index in [0.29, 0.717) is 12.5 Å². The van der Waals surface area contributed by atoms with Gasteiger partial charge in [-0.2, -0.15) is 11.8 Å². The lowest BCUT2D eigenvalue weighted by Gasteiger charge is -2.26. The second-order valence-electron chi connectivity index (χ2n) is 3.98. The van der Waals surface area contributed by atoms with Crippen molar-refractivity contribution in [3.8, 4) is 0 Å². The van der Waals surface area contributed by atoms with Crippen LogP contribution in [0.5, 0.6) is 0 Å². The third-order valence-electron chi connectivity index (χ3n) is 2.80. The Morgan fingerprint density at radius 3 is 2.93 bits per heavy atom. The van der Waals surface area contributed by atoms with Crippen LogP contribution >= 0.6 is 11.8 Å². The molecule has 1 unspecified atom stereocenters. The fourth-order valence-corrected chi connectivity index (χ4v) is 2.62. The lowest BCUT2D eigenvalue weighted by molar-refractivity contribution is 0.177. The first-order valence-electron chi connectivity index (χ1n) is 5.31. The molecule has 0 radical (unpaired) electrons. The Hall–Kier alpha value is -0.510. The van der Waals surface area contributed by atoms with Gasteiger partial charge < -0.3 is 10.4 Å². The highest BCUT2D eigenvalue weighted by atomic mass is 32.2. The molecule has 2 N–H and O–H groups in total.